The summed E-state index contributed by atoms with van der Waals surface area (Å²) in [5.74, 6) is -2.16. The van der Waals surface area contributed by atoms with Crippen molar-refractivity contribution in [3.63, 3.8) is 0 Å². The fraction of sp³-hybridized carbons (Fsp3) is 0. The molecule has 0 saturated heterocycles. The lowest BCUT2D eigenvalue weighted by Gasteiger charge is -2.09. The molecule has 0 radical (unpaired) electrons. The third kappa shape index (κ3) is 3.44. The molecule has 2 aromatic carbocycles. The Morgan fingerprint density at radius 2 is 1.74 bits per heavy atom. The van der Waals surface area contributed by atoms with Gasteiger partial charge >= 0.3 is 6.09 Å². The van der Waals surface area contributed by atoms with Crippen molar-refractivity contribution < 1.29 is 27.1 Å². The van der Waals surface area contributed by atoms with Crippen LogP contribution in [-0.2, 0) is 9.84 Å². The van der Waals surface area contributed by atoms with Crippen molar-refractivity contribution >= 4 is 21.6 Å². The Morgan fingerprint density at radius 1 is 1.13 bits per heavy atom. The number of rotatable bonds is 3. The monoisotopic (exact) mass is 338 g/mol. The van der Waals surface area contributed by atoms with Gasteiger partial charge in [-0.2, -0.15) is 5.26 Å². The van der Waals surface area contributed by atoms with Crippen molar-refractivity contribution in [2.45, 2.75) is 9.79 Å². The van der Waals surface area contributed by atoms with E-state index >= 15 is 0 Å². The van der Waals surface area contributed by atoms with Gasteiger partial charge in [0, 0.05) is 11.8 Å². The molecule has 2 rings (SSSR count). The summed E-state index contributed by atoms with van der Waals surface area (Å²) in [6.07, 6.45) is -1.39. The second-order valence-corrected chi connectivity index (χ2v) is 6.28. The molecule has 0 saturated carbocycles. The second kappa shape index (κ2) is 6.02. The molecule has 1 amide bonds. The maximum Gasteiger partial charge on any atom is 0.409 e. The Bertz CT molecular complexity index is 916. The molecule has 0 aliphatic heterocycles. The third-order valence-electron chi connectivity index (χ3n) is 2.79. The van der Waals surface area contributed by atoms with Crippen LogP contribution in [-0.4, -0.2) is 19.6 Å². The van der Waals surface area contributed by atoms with Gasteiger partial charge in [0.15, 0.2) is 0 Å². The number of anilines is 1. The molecule has 2 N–H and O–H groups in total. The summed E-state index contributed by atoms with van der Waals surface area (Å²) in [6, 6.07) is 6.51. The van der Waals surface area contributed by atoms with Crippen molar-refractivity contribution in [2.75, 3.05) is 5.32 Å². The quantitative estimate of drug-likeness (QED) is 0.895. The minimum atomic E-state index is -4.35. The van der Waals surface area contributed by atoms with Crippen LogP contribution in [0.25, 0.3) is 0 Å². The van der Waals surface area contributed by atoms with Gasteiger partial charge in [-0.1, -0.05) is 0 Å². The molecule has 0 aliphatic carbocycles. The molecule has 2 aromatic rings. The average Bonchev–Trinajstić information content (AvgIpc) is 2.45. The van der Waals surface area contributed by atoms with E-state index in [0.717, 1.165) is 18.2 Å². The first-order valence-corrected chi connectivity index (χ1v) is 7.47. The van der Waals surface area contributed by atoms with Crippen molar-refractivity contribution in [3.05, 3.63) is 53.6 Å². The lowest BCUT2D eigenvalue weighted by atomic mass is 10.2. The smallest absolute Gasteiger partial charge is 0.409 e. The Morgan fingerprint density at radius 3 is 2.26 bits per heavy atom. The van der Waals surface area contributed by atoms with Crippen LogP contribution in [0.15, 0.2) is 46.2 Å². The fourth-order valence-corrected chi connectivity index (χ4v) is 3.29. The fourth-order valence-electron chi connectivity index (χ4n) is 1.86. The van der Waals surface area contributed by atoms with Crippen LogP contribution in [0.1, 0.15) is 5.56 Å². The van der Waals surface area contributed by atoms with Gasteiger partial charge in [0.05, 0.1) is 15.4 Å². The highest BCUT2D eigenvalue weighted by Crippen LogP contribution is 2.27. The molecule has 0 aliphatic rings. The predicted molar refractivity (Wildman–Crippen MR) is 74.6 cm³/mol. The molecule has 23 heavy (non-hydrogen) atoms. The number of hydrogen-bond donors (Lipinski definition) is 2. The molecular formula is C14H8F2N2O4S. The zero-order chi connectivity index (χ0) is 17.2. The molecule has 118 valence electrons. The summed E-state index contributed by atoms with van der Waals surface area (Å²) in [6.45, 7) is 0. The van der Waals surface area contributed by atoms with E-state index in [0.29, 0.717) is 18.2 Å². The molecule has 0 fully saturated rings. The van der Waals surface area contributed by atoms with Gasteiger partial charge in [-0.15, -0.1) is 0 Å². The summed E-state index contributed by atoms with van der Waals surface area (Å²) < 4.78 is 51.3. The first-order valence-electron chi connectivity index (χ1n) is 5.99. The van der Waals surface area contributed by atoms with Crippen LogP contribution in [0.2, 0.25) is 0 Å². The summed E-state index contributed by atoms with van der Waals surface area (Å²) >= 11 is 0. The number of nitrogens with one attached hydrogen (secondary N) is 1. The Labute approximate surface area is 129 Å². The van der Waals surface area contributed by atoms with E-state index in [2.05, 4.69) is 0 Å². The number of hydrogen-bond acceptors (Lipinski definition) is 4. The maximum absolute atomic E-state index is 13.2. The average molecular weight is 338 g/mol. The van der Waals surface area contributed by atoms with Gasteiger partial charge in [-0.05, 0) is 30.3 Å². The van der Waals surface area contributed by atoms with Crippen LogP contribution < -0.4 is 5.32 Å². The molecule has 0 aromatic heterocycles. The number of benzene rings is 2. The highest BCUT2D eigenvalue weighted by Gasteiger charge is 2.23. The van der Waals surface area contributed by atoms with Crippen molar-refractivity contribution in [1.82, 2.24) is 0 Å². The predicted octanol–water partition coefficient (Wildman–Crippen LogP) is 2.76. The van der Waals surface area contributed by atoms with E-state index in [1.54, 1.807) is 6.07 Å². The topological polar surface area (TPSA) is 107 Å². The maximum atomic E-state index is 13.2. The summed E-state index contributed by atoms with van der Waals surface area (Å²) in [7, 11) is -4.35. The van der Waals surface area contributed by atoms with E-state index in [1.165, 1.54) is 0 Å². The van der Waals surface area contributed by atoms with Gasteiger partial charge in [0.25, 0.3) is 0 Å². The van der Waals surface area contributed by atoms with Gasteiger partial charge in [0.2, 0.25) is 9.84 Å². The number of halogens is 2. The highest BCUT2D eigenvalue weighted by molar-refractivity contribution is 7.91. The highest BCUT2D eigenvalue weighted by atomic mass is 32.2. The minimum absolute atomic E-state index is 0.0153. The van der Waals surface area contributed by atoms with Crippen LogP contribution in [0.4, 0.5) is 19.3 Å². The first-order chi connectivity index (χ1) is 10.7. The zero-order valence-corrected chi connectivity index (χ0v) is 12.1. The molecular weight excluding hydrogens is 330 g/mol. The number of nitrogens with zero attached hydrogens (tertiary/aromatic N) is 1. The van der Waals surface area contributed by atoms with Crippen molar-refractivity contribution in [2.24, 2.45) is 0 Å². The summed E-state index contributed by atoms with van der Waals surface area (Å²) in [5, 5.41) is 19.6. The van der Waals surface area contributed by atoms with E-state index in [4.69, 9.17) is 10.4 Å². The van der Waals surface area contributed by atoms with E-state index in [9.17, 15) is 22.0 Å². The minimum Gasteiger partial charge on any atom is -0.465 e. The van der Waals surface area contributed by atoms with Crippen LogP contribution in [0, 0.1) is 23.0 Å². The van der Waals surface area contributed by atoms with Gasteiger partial charge < -0.3 is 5.11 Å². The first kappa shape index (κ1) is 16.4. The standard InChI is InChI=1S/C14H8F2N2O4S/c15-9-4-10(16)6-12(5-9)23(21,22)13-2-1-11(18-14(19)20)3-8(13)7-17/h1-6,18H,(H,19,20). The Balaban J connectivity index is 2.60. The molecule has 0 spiro atoms. The molecule has 0 atom stereocenters. The molecule has 6 nitrogen and oxygen atoms in total. The number of sulfone groups is 1. The SMILES string of the molecule is N#Cc1cc(NC(=O)O)ccc1S(=O)(=O)c1cc(F)cc(F)c1. The van der Waals surface area contributed by atoms with E-state index in [-0.39, 0.29) is 11.3 Å². The molecule has 0 bridgehead atoms. The van der Waals surface area contributed by atoms with E-state index < -0.39 is 37.4 Å². The summed E-state index contributed by atoms with van der Waals surface area (Å²) in [5.41, 5.74) is -0.376. The van der Waals surface area contributed by atoms with Crippen LogP contribution in [0.5, 0.6) is 0 Å². The van der Waals surface area contributed by atoms with Crippen LogP contribution >= 0.6 is 0 Å². The summed E-state index contributed by atoms with van der Waals surface area (Å²) in [4.78, 5) is 9.42. The largest absolute Gasteiger partial charge is 0.465 e. The normalized spacial score (nSPS) is 10.8. The lowest BCUT2D eigenvalue weighted by molar-refractivity contribution is 0.209. The molecule has 9 heteroatoms. The zero-order valence-electron chi connectivity index (χ0n) is 11.2. The third-order valence-corrected chi connectivity index (χ3v) is 4.58. The van der Waals surface area contributed by atoms with Gasteiger partial charge in [0.1, 0.15) is 17.7 Å². The molecule has 0 unspecified atom stereocenters. The number of carboxylic acid groups (broad SMARTS) is 1. The molecule has 0 heterocycles. The van der Waals surface area contributed by atoms with Crippen LogP contribution in [0.3, 0.4) is 0 Å². The Hall–Kier alpha value is -2.99. The number of carbonyl (C=O) groups is 1. The van der Waals surface area contributed by atoms with E-state index in [1.807, 2.05) is 5.32 Å². The van der Waals surface area contributed by atoms with Crippen molar-refractivity contribution in [1.29, 1.82) is 5.26 Å². The number of nitriles is 1. The number of amides is 1. The van der Waals surface area contributed by atoms with Crippen molar-refractivity contribution in [3.8, 4) is 6.07 Å². The Kier molecular flexibility index (Phi) is 4.29. The van der Waals surface area contributed by atoms with Gasteiger partial charge in [-0.3, -0.25) is 5.32 Å². The second-order valence-electron chi connectivity index (χ2n) is 4.36. The van der Waals surface area contributed by atoms with Gasteiger partial charge in [-0.25, -0.2) is 22.0 Å². The lowest BCUT2D eigenvalue weighted by Crippen LogP contribution is -2.09.